The zero-order valence-electron chi connectivity index (χ0n) is 20.8. The van der Waals surface area contributed by atoms with E-state index in [1.807, 2.05) is 78.9 Å². The molecule has 0 atom stereocenters. The highest BCUT2D eigenvalue weighted by Crippen LogP contribution is 2.44. The number of phenols is 1. The average Bonchev–Trinajstić information content (AvgIpc) is 3.32. The van der Waals surface area contributed by atoms with Crippen LogP contribution in [0.25, 0.3) is 32.6 Å². The minimum atomic E-state index is -0.487. The Balaban J connectivity index is 1.58. The fourth-order valence-electron chi connectivity index (χ4n) is 4.70. The van der Waals surface area contributed by atoms with Crippen molar-refractivity contribution in [3.05, 3.63) is 107 Å². The molecule has 0 aliphatic heterocycles. The molecule has 0 saturated heterocycles. The van der Waals surface area contributed by atoms with Gasteiger partial charge in [-0.25, -0.2) is 0 Å². The maximum Gasteiger partial charge on any atom is 0.259 e. The molecule has 0 bridgehead atoms. The number of benzene rings is 5. The lowest BCUT2D eigenvalue weighted by Crippen LogP contribution is -2.13. The van der Waals surface area contributed by atoms with E-state index in [9.17, 15) is 9.90 Å². The van der Waals surface area contributed by atoms with Crippen LogP contribution in [0.4, 0.5) is 17.1 Å². The van der Waals surface area contributed by atoms with Gasteiger partial charge in [0.05, 0.1) is 22.5 Å². The van der Waals surface area contributed by atoms with Gasteiger partial charge in [-0.3, -0.25) is 4.79 Å². The Labute approximate surface area is 229 Å². The molecule has 7 heteroatoms. The molecule has 0 aliphatic carbocycles. The predicted molar refractivity (Wildman–Crippen MR) is 158 cm³/mol. The lowest BCUT2D eigenvalue weighted by molar-refractivity contribution is 0.102. The standard InChI is InChI=1S/C32H21ClN4O2/c1-2-8-19-9-6-7-12-26(19)35-32(39)25-17-20-13-15-23-24-18-21(33)14-16-27(24)34-29(23)28(20)30(31(25)38)37-36-22-10-4-3-5-11-22/h3-7,9-18,34,38H,1H3,(H,35,39). The number of aromatic hydroxyl groups is 1. The number of nitrogens with zero attached hydrogens (tertiary/aromatic N) is 2. The molecular weight excluding hydrogens is 508 g/mol. The summed E-state index contributed by atoms with van der Waals surface area (Å²) in [6.07, 6.45) is 0. The maximum atomic E-state index is 13.5. The van der Waals surface area contributed by atoms with Gasteiger partial charge in [0, 0.05) is 32.3 Å². The summed E-state index contributed by atoms with van der Waals surface area (Å²) in [6, 6.07) is 27.6. The van der Waals surface area contributed by atoms with Gasteiger partial charge >= 0.3 is 0 Å². The second-order valence-corrected chi connectivity index (χ2v) is 9.37. The molecule has 0 aliphatic rings. The van der Waals surface area contributed by atoms with Crippen LogP contribution < -0.4 is 5.32 Å². The largest absolute Gasteiger partial charge is 0.505 e. The predicted octanol–water partition coefficient (Wildman–Crippen LogP) is 8.87. The van der Waals surface area contributed by atoms with Crippen molar-refractivity contribution in [3.63, 3.8) is 0 Å². The molecule has 6 nitrogen and oxygen atoms in total. The number of aromatic amines is 1. The number of rotatable bonds is 4. The Hall–Kier alpha value is -5.12. The summed E-state index contributed by atoms with van der Waals surface area (Å²) >= 11 is 6.28. The van der Waals surface area contributed by atoms with Crippen molar-refractivity contribution in [2.45, 2.75) is 6.92 Å². The summed E-state index contributed by atoms with van der Waals surface area (Å²) in [4.78, 5) is 16.9. The molecule has 39 heavy (non-hydrogen) atoms. The molecule has 5 aromatic carbocycles. The molecule has 1 amide bonds. The van der Waals surface area contributed by atoms with Gasteiger partial charge in [-0.1, -0.05) is 60.0 Å². The molecule has 0 fully saturated rings. The maximum absolute atomic E-state index is 13.5. The minimum absolute atomic E-state index is 0.0716. The van der Waals surface area contributed by atoms with Crippen LogP contribution in [0.2, 0.25) is 5.02 Å². The van der Waals surface area contributed by atoms with Gasteiger partial charge in [0.2, 0.25) is 0 Å². The third-order valence-electron chi connectivity index (χ3n) is 6.49. The Morgan fingerprint density at radius 2 is 1.72 bits per heavy atom. The zero-order chi connectivity index (χ0) is 26.9. The number of hydrogen-bond donors (Lipinski definition) is 3. The molecule has 188 valence electrons. The first-order valence-corrected chi connectivity index (χ1v) is 12.6. The molecule has 0 radical (unpaired) electrons. The number of hydrogen-bond acceptors (Lipinski definition) is 4. The molecule has 0 saturated carbocycles. The molecular formula is C32H21ClN4O2. The van der Waals surface area contributed by atoms with Crippen LogP contribution in [0.1, 0.15) is 22.8 Å². The van der Waals surface area contributed by atoms with Crippen molar-refractivity contribution < 1.29 is 9.90 Å². The first kappa shape index (κ1) is 24.2. The van der Waals surface area contributed by atoms with Gasteiger partial charge in [0.1, 0.15) is 5.69 Å². The molecule has 6 aromatic rings. The number of nitrogens with one attached hydrogen (secondary N) is 2. The molecule has 1 aromatic heterocycles. The number of phenolic OH excluding ortho intramolecular Hbond substituents is 1. The lowest BCUT2D eigenvalue weighted by atomic mass is 10.00. The number of carbonyl (C=O) groups is 1. The first-order valence-electron chi connectivity index (χ1n) is 12.2. The first-order chi connectivity index (χ1) is 19.0. The molecule has 0 unspecified atom stereocenters. The second kappa shape index (κ2) is 9.97. The van der Waals surface area contributed by atoms with E-state index < -0.39 is 5.91 Å². The van der Waals surface area contributed by atoms with Crippen LogP contribution in [0, 0.1) is 11.8 Å². The Morgan fingerprint density at radius 1 is 0.923 bits per heavy atom. The number of halogens is 1. The van der Waals surface area contributed by atoms with Gasteiger partial charge < -0.3 is 15.4 Å². The Bertz CT molecular complexity index is 2000. The fourth-order valence-corrected chi connectivity index (χ4v) is 4.87. The van der Waals surface area contributed by atoms with Crippen LogP contribution in [-0.4, -0.2) is 16.0 Å². The second-order valence-electron chi connectivity index (χ2n) is 8.93. The van der Waals surface area contributed by atoms with Crippen molar-refractivity contribution in [3.8, 4) is 17.6 Å². The summed E-state index contributed by atoms with van der Waals surface area (Å²) < 4.78 is 0. The number of H-pyrrole nitrogens is 1. The monoisotopic (exact) mass is 528 g/mol. The van der Waals surface area contributed by atoms with Gasteiger partial charge in [-0.2, -0.15) is 5.11 Å². The van der Waals surface area contributed by atoms with Crippen LogP contribution in [0.5, 0.6) is 5.75 Å². The van der Waals surface area contributed by atoms with E-state index in [1.54, 1.807) is 19.1 Å². The van der Waals surface area contributed by atoms with E-state index in [0.29, 0.717) is 32.7 Å². The average molecular weight is 529 g/mol. The fraction of sp³-hybridized carbons (Fsp3) is 0.0312. The zero-order valence-corrected chi connectivity index (χ0v) is 21.5. The normalized spacial score (nSPS) is 11.2. The van der Waals surface area contributed by atoms with Gasteiger partial charge in [-0.05, 0) is 60.8 Å². The number of para-hydroxylation sites is 1. The highest BCUT2D eigenvalue weighted by Gasteiger charge is 2.22. The summed E-state index contributed by atoms with van der Waals surface area (Å²) in [5.41, 5.74) is 3.75. The number of aromatic nitrogens is 1. The van der Waals surface area contributed by atoms with E-state index in [1.165, 1.54) is 0 Å². The number of amides is 1. The van der Waals surface area contributed by atoms with Crippen molar-refractivity contribution >= 4 is 67.1 Å². The molecule has 1 heterocycles. The summed E-state index contributed by atoms with van der Waals surface area (Å²) in [5.74, 6) is 5.08. The lowest BCUT2D eigenvalue weighted by Gasteiger charge is -2.13. The van der Waals surface area contributed by atoms with Gasteiger partial charge in [0.15, 0.2) is 5.75 Å². The summed E-state index contributed by atoms with van der Waals surface area (Å²) in [5, 5.41) is 27.0. The third kappa shape index (κ3) is 4.46. The van der Waals surface area contributed by atoms with Crippen molar-refractivity contribution in [1.82, 2.24) is 4.98 Å². The Kier molecular flexibility index (Phi) is 6.20. The smallest absolute Gasteiger partial charge is 0.259 e. The van der Waals surface area contributed by atoms with E-state index in [0.717, 1.165) is 21.8 Å². The number of carbonyl (C=O) groups excluding carboxylic acids is 1. The third-order valence-corrected chi connectivity index (χ3v) is 6.72. The quantitative estimate of drug-likeness (QED) is 0.157. The van der Waals surface area contributed by atoms with E-state index in [-0.39, 0.29) is 17.0 Å². The minimum Gasteiger partial charge on any atom is -0.505 e. The SMILES string of the molecule is CC#Cc1ccccc1NC(=O)c1cc2ccc3c4cc(Cl)ccc4[nH]c3c2c(N=Nc2ccccc2)c1O. The van der Waals surface area contributed by atoms with Gasteiger partial charge in [-0.15, -0.1) is 11.0 Å². The van der Waals surface area contributed by atoms with E-state index >= 15 is 0 Å². The number of fused-ring (bicyclic) bond motifs is 5. The van der Waals surface area contributed by atoms with E-state index in [4.69, 9.17) is 11.6 Å². The number of azo groups is 1. The van der Waals surface area contributed by atoms with Crippen molar-refractivity contribution in [2.24, 2.45) is 10.2 Å². The summed E-state index contributed by atoms with van der Waals surface area (Å²) in [7, 11) is 0. The van der Waals surface area contributed by atoms with Crippen LogP contribution in [0.3, 0.4) is 0 Å². The van der Waals surface area contributed by atoms with Gasteiger partial charge in [0.25, 0.3) is 5.91 Å². The van der Waals surface area contributed by atoms with Crippen molar-refractivity contribution in [2.75, 3.05) is 5.32 Å². The Morgan fingerprint density at radius 3 is 2.54 bits per heavy atom. The molecule has 0 spiro atoms. The highest BCUT2D eigenvalue weighted by molar-refractivity contribution is 6.32. The van der Waals surface area contributed by atoms with Crippen LogP contribution in [0.15, 0.2) is 101 Å². The molecule has 3 N–H and O–H groups in total. The highest BCUT2D eigenvalue weighted by atomic mass is 35.5. The molecule has 6 rings (SSSR count). The van der Waals surface area contributed by atoms with Crippen LogP contribution >= 0.6 is 11.6 Å². The number of anilines is 1. The summed E-state index contributed by atoms with van der Waals surface area (Å²) in [6.45, 7) is 1.73. The topological polar surface area (TPSA) is 89.8 Å². The van der Waals surface area contributed by atoms with Crippen molar-refractivity contribution in [1.29, 1.82) is 0 Å². The van der Waals surface area contributed by atoms with Crippen LogP contribution in [-0.2, 0) is 0 Å². The van der Waals surface area contributed by atoms with E-state index in [2.05, 4.69) is 32.4 Å².